The highest BCUT2D eigenvalue weighted by molar-refractivity contribution is 5.17. The van der Waals surface area contributed by atoms with E-state index in [2.05, 4.69) is 38.0 Å². The van der Waals surface area contributed by atoms with E-state index in [9.17, 15) is 5.11 Å². The lowest BCUT2D eigenvalue weighted by molar-refractivity contribution is 0.0843. The summed E-state index contributed by atoms with van der Waals surface area (Å²) in [6.45, 7) is 10.2. The van der Waals surface area contributed by atoms with Crippen molar-refractivity contribution in [1.82, 2.24) is 10.3 Å². The third-order valence-corrected chi connectivity index (χ3v) is 3.94. The summed E-state index contributed by atoms with van der Waals surface area (Å²) in [4.78, 5) is 4.22. The minimum Gasteiger partial charge on any atom is -0.506 e. The van der Waals surface area contributed by atoms with E-state index in [1.807, 2.05) is 6.07 Å². The van der Waals surface area contributed by atoms with Crippen LogP contribution in [0.5, 0.6) is 5.75 Å². The van der Waals surface area contributed by atoms with E-state index in [-0.39, 0.29) is 5.75 Å². The number of aromatic nitrogens is 1. The number of nitrogens with zero attached hydrogens (tertiary/aromatic N) is 1. The molecule has 0 aromatic carbocycles. The third kappa shape index (κ3) is 4.20. The van der Waals surface area contributed by atoms with Gasteiger partial charge in [0.15, 0.2) is 0 Å². The first kappa shape index (κ1) is 14.3. The molecule has 0 atom stereocenters. The van der Waals surface area contributed by atoms with E-state index in [0.29, 0.717) is 16.9 Å². The highest BCUT2D eigenvalue weighted by Gasteiger charge is 2.38. The van der Waals surface area contributed by atoms with Crippen molar-refractivity contribution < 1.29 is 5.11 Å². The normalized spacial score (nSPS) is 22.3. The predicted octanol–water partition coefficient (Wildman–Crippen LogP) is 3.48. The van der Waals surface area contributed by atoms with Crippen molar-refractivity contribution in [2.45, 2.75) is 59.5 Å². The summed E-state index contributed by atoms with van der Waals surface area (Å²) >= 11 is 0. The Morgan fingerprint density at radius 3 is 2.37 bits per heavy atom. The Morgan fingerprint density at radius 1 is 1.21 bits per heavy atom. The summed E-state index contributed by atoms with van der Waals surface area (Å²) < 4.78 is 0. The van der Waals surface area contributed by atoms with Crippen LogP contribution in [0, 0.1) is 10.8 Å². The van der Waals surface area contributed by atoms with Crippen molar-refractivity contribution in [3.63, 3.8) is 0 Å². The van der Waals surface area contributed by atoms with Crippen LogP contribution in [0.15, 0.2) is 18.3 Å². The molecule has 0 amide bonds. The number of nitrogens with one attached hydrogen (secondary N) is 1. The zero-order chi connectivity index (χ0) is 14.1. The molecule has 2 rings (SSSR count). The van der Waals surface area contributed by atoms with Gasteiger partial charge in [-0.2, -0.15) is 0 Å². The molecule has 0 spiro atoms. The molecular weight excluding hydrogens is 236 g/mol. The molecule has 0 unspecified atom stereocenters. The first-order valence-corrected chi connectivity index (χ1v) is 7.13. The summed E-state index contributed by atoms with van der Waals surface area (Å²) in [5, 5.41) is 12.9. The molecule has 1 saturated carbocycles. The summed E-state index contributed by atoms with van der Waals surface area (Å²) in [5.41, 5.74) is 1.79. The summed E-state index contributed by atoms with van der Waals surface area (Å²) in [6, 6.07) is 4.12. The van der Waals surface area contributed by atoms with E-state index in [0.717, 1.165) is 12.2 Å². The Bertz CT molecular complexity index is 407. The first-order valence-electron chi connectivity index (χ1n) is 7.13. The van der Waals surface area contributed by atoms with Gasteiger partial charge in [0.25, 0.3) is 0 Å². The Labute approximate surface area is 116 Å². The van der Waals surface area contributed by atoms with E-state index in [1.165, 1.54) is 25.5 Å². The standard InChI is InChI=1S/C16H26N2O/c1-15(2)7-13(8-16(3,4)11-15)17-9-12-5-6-14(19)10-18-12/h5-6,10,13,17,19H,7-9,11H2,1-4H3. The fourth-order valence-electron chi connectivity index (χ4n) is 3.76. The molecule has 0 radical (unpaired) electrons. The summed E-state index contributed by atoms with van der Waals surface area (Å²) in [5.74, 6) is 0.226. The number of hydrogen-bond donors (Lipinski definition) is 2. The molecule has 2 N–H and O–H groups in total. The predicted molar refractivity (Wildman–Crippen MR) is 77.9 cm³/mol. The molecule has 1 fully saturated rings. The lowest BCUT2D eigenvalue weighted by Crippen LogP contribution is -2.43. The van der Waals surface area contributed by atoms with Crippen molar-refractivity contribution in [3.8, 4) is 5.75 Å². The maximum atomic E-state index is 9.23. The Balaban J connectivity index is 1.93. The van der Waals surface area contributed by atoms with Gasteiger partial charge < -0.3 is 10.4 Å². The van der Waals surface area contributed by atoms with Crippen LogP contribution in [-0.4, -0.2) is 16.1 Å². The zero-order valence-electron chi connectivity index (χ0n) is 12.5. The van der Waals surface area contributed by atoms with Crippen LogP contribution in [0.1, 0.15) is 52.7 Å². The van der Waals surface area contributed by atoms with E-state index in [1.54, 1.807) is 6.07 Å². The molecule has 106 valence electrons. The van der Waals surface area contributed by atoms with Crippen molar-refractivity contribution in [2.24, 2.45) is 10.8 Å². The molecule has 19 heavy (non-hydrogen) atoms. The Hall–Kier alpha value is -1.09. The van der Waals surface area contributed by atoms with Gasteiger partial charge in [-0.05, 0) is 42.2 Å². The molecule has 3 heteroatoms. The second-order valence-corrected chi connectivity index (χ2v) is 7.50. The monoisotopic (exact) mass is 262 g/mol. The van der Waals surface area contributed by atoms with Crippen molar-refractivity contribution in [2.75, 3.05) is 0 Å². The maximum Gasteiger partial charge on any atom is 0.133 e. The fraction of sp³-hybridized carbons (Fsp3) is 0.688. The van der Waals surface area contributed by atoms with Crippen LogP contribution in [-0.2, 0) is 6.54 Å². The Morgan fingerprint density at radius 2 is 1.84 bits per heavy atom. The SMILES string of the molecule is CC1(C)CC(NCc2ccc(O)cn2)CC(C)(C)C1. The van der Waals surface area contributed by atoms with Gasteiger partial charge in [-0.15, -0.1) is 0 Å². The molecule has 1 aromatic rings. The number of aromatic hydroxyl groups is 1. The van der Waals surface area contributed by atoms with Crippen LogP contribution in [0.25, 0.3) is 0 Å². The van der Waals surface area contributed by atoms with Gasteiger partial charge in [0.2, 0.25) is 0 Å². The van der Waals surface area contributed by atoms with E-state index in [4.69, 9.17) is 0 Å². The minimum absolute atomic E-state index is 0.226. The smallest absolute Gasteiger partial charge is 0.133 e. The van der Waals surface area contributed by atoms with Gasteiger partial charge in [0.1, 0.15) is 5.75 Å². The van der Waals surface area contributed by atoms with Crippen LogP contribution in [0.2, 0.25) is 0 Å². The van der Waals surface area contributed by atoms with Gasteiger partial charge in [-0.3, -0.25) is 4.98 Å². The van der Waals surface area contributed by atoms with Crippen LogP contribution in [0.4, 0.5) is 0 Å². The molecule has 0 aliphatic heterocycles. The van der Waals surface area contributed by atoms with Gasteiger partial charge in [0, 0.05) is 12.6 Å². The molecular formula is C16H26N2O. The quantitative estimate of drug-likeness (QED) is 0.876. The van der Waals surface area contributed by atoms with Gasteiger partial charge >= 0.3 is 0 Å². The molecule has 1 aliphatic rings. The molecule has 3 nitrogen and oxygen atoms in total. The molecule has 0 saturated heterocycles. The largest absolute Gasteiger partial charge is 0.506 e. The number of rotatable bonds is 3. The highest BCUT2D eigenvalue weighted by Crippen LogP contribution is 2.45. The van der Waals surface area contributed by atoms with Crippen LogP contribution >= 0.6 is 0 Å². The van der Waals surface area contributed by atoms with Crippen molar-refractivity contribution in [3.05, 3.63) is 24.0 Å². The maximum absolute atomic E-state index is 9.23. The third-order valence-electron chi connectivity index (χ3n) is 3.94. The fourth-order valence-corrected chi connectivity index (χ4v) is 3.76. The van der Waals surface area contributed by atoms with Crippen LogP contribution < -0.4 is 5.32 Å². The average molecular weight is 262 g/mol. The summed E-state index contributed by atoms with van der Waals surface area (Å²) in [7, 11) is 0. The average Bonchev–Trinajstić information content (AvgIpc) is 2.24. The molecule has 1 aromatic heterocycles. The lowest BCUT2D eigenvalue weighted by atomic mass is 9.63. The minimum atomic E-state index is 0.226. The second-order valence-electron chi connectivity index (χ2n) is 7.50. The zero-order valence-corrected chi connectivity index (χ0v) is 12.5. The molecule has 1 heterocycles. The second kappa shape index (κ2) is 5.12. The van der Waals surface area contributed by atoms with Gasteiger partial charge in [-0.1, -0.05) is 27.7 Å². The first-order chi connectivity index (χ1) is 8.76. The lowest BCUT2D eigenvalue weighted by Gasteiger charge is -2.45. The van der Waals surface area contributed by atoms with E-state index < -0.39 is 0 Å². The van der Waals surface area contributed by atoms with Crippen LogP contribution in [0.3, 0.4) is 0 Å². The Kier molecular flexibility index (Phi) is 3.86. The number of pyridine rings is 1. The van der Waals surface area contributed by atoms with E-state index >= 15 is 0 Å². The summed E-state index contributed by atoms with van der Waals surface area (Å²) in [6.07, 6.45) is 5.23. The van der Waals surface area contributed by atoms with Gasteiger partial charge in [-0.25, -0.2) is 0 Å². The van der Waals surface area contributed by atoms with Crippen molar-refractivity contribution in [1.29, 1.82) is 0 Å². The topological polar surface area (TPSA) is 45.1 Å². The van der Waals surface area contributed by atoms with Gasteiger partial charge in [0.05, 0.1) is 11.9 Å². The molecule has 0 bridgehead atoms. The number of hydrogen-bond acceptors (Lipinski definition) is 3. The molecule has 1 aliphatic carbocycles. The highest BCUT2D eigenvalue weighted by atomic mass is 16.3. The van der Waals surface area contributed by atoms with Crippen molar-refractivity contribution >= 4 is 0 Å².